The quantitative estimate of drug-likeness (QED) is 0.494. The summed E-state index contributed by atoms with van der Waals surface area (Å²) in [6.45, 7) is 8.14. The molecule has 2 N–H and O–H groups in total. The molecule has 3 rings (SSSR count). The number of piperidine rings is 1. The Bertz CT molecular complexity index is 773. The van der Waals surface area contributed by atoms with Crippen molar-refractivity contribution in [2.24, 2.45) is 0 Å². The molecule has 2 heterocycles. The molecule has 5 heteroatoms. The summed E-state index contributed by atoms with van der Waals surface area (Å²) in [5.41, 5.74) is 2.85. The van der Waals surface area contributed by atoms with Crippen LogP contribution in [-0.2, 0) is 18.0 Å². The monoisotopic (exact) mass is 401 g/mol. The third kappa shape index (κ3) is 6.45. The molecule has 0 amide bonds. The largest absolute Gasteiger partial charge is 0.361 e. The van der Waals surface area contributed by atoms with Crippen molar-refractivity contribution in [3.05, 3.63) is 29.9 Å². The van der Waals surface area contributed by atoms with Crippen LogP contribution >= 0.6 is 0 Å². The predicted octanol–water partition coefficient (Wildman–Crippen LogP) is 3.72. The Balaban J connectivity index is 1.51. The van der Waals surface area contributed by atoms with Crippen LogP contribution in [0.3, 0.4) is 0 Å². The lowest BCUT2D eigenvalue weighted by molar-refractivity contribution is -0.905. The van der Waals surface area contributed by atoms with Crippen LogP contribution in [0.5, 0.6) is 0 Å². The van der Waals surface area contributed by atoms with Crippen LogP contribution in [0.15, 0.2) is 24.3 Å². The molecule has 1 aromatic heterocycles. The summed E-state index contributed by atoms with van der Waals surface area (Å²) >= 11 is 0. The lowest BCUT2D eigenvalue weighted by atomic mass is 10.1. The number of fused-ring (bicyclic) bond motifs is 1. The van der Waals surface area contributed by atoms with Gasteiger partial charge in [-0.3, -0.25) is 9.98 Å². The molecule has 0 atom stereocenters. The lowest BCUT2D eigenvalue weighted by Gasteiger charge is -2.23. The molecule has 1 aliphatic rings. The number of ether oxygens (including phenoxy) is 1. The number of nitrogens with zero attached hydrogens (tertiary/aromatic N) is 2. The second-order valence-corrected chi connectivity index (χ2v) is 8.61. The van der Waals surface area contributed by atoms with Crippen molar-refractivity contribution in [3.8, 4) is 0 Å². The number of likely N-dealkylation sites (tertiary alicyclic amines) is 1. The number of rotatable bonds is 13. The standard InChI is InChI=1S/C24H40N4O/c1-2-3-4-5-6-7-13-20-29-21-28-23-15-10-9-14-22(23)27(24(28)25)19-18-26-16-11-8-12-17-26/h9-10,14-15,25H,2-8,11-13,16-21H2,1H3/p+1. The van der Waals surface area contributed by atoms with E-state index in [4.69, 9.17) is 10.1 Å². The van der Waals surface area contributed by atoms with E-state index in [1.807, 2.05) is 4.57 Å². The molecule has 1 aromatic carbocycles. The highest BCUT2D eigenvalue weighted by atomic mass is 16.5. The van der Waals surface area contributed by atoms with Crippen LogP contribution in [0.2, 0.25) is 0 Å². The number of unbranched alkanes of at least 4 members (excludes halogenated alkanes) is 6. The Labute approximate surface area is 176 Å². The van der Waals surface area contributed by atoms with E-state index in [0.717, 1.165) is 37.2 Å². The van der Waals surface area contributed by atoms with E-state index >= 15 is 0 Å². The van der Waals surface area contributed by atoms with Crippen molar-refractivity contribution < 1.29 is 9.64 Å². The average Bonchev–Trinajstić information content (AvgIpc) is 3.03. The van der Waals surface area contributed by atoms with E-state index in [1.54, 1.807) is 4.90 Å². The van der Waals surface area contributed by atoms with Crippen LogP contribution in [0.25, 0.3) is 11.0 Å². The second-order valence-electron chi connectivity index (χ2n) is 8.61. The first kappa shape index (κ1) is 22.1. The van der Waals surface area contributed by atoms with Crippen molar-refractivity contribution in [2.45, 2.75) is 84.4 Å². The molecule has 2 aromatic rings. The summed E-state index contributed by atoms with van der Waals surface area (Å²) in [7, 11) is 0. The number of quaternary nitrogens is 1. The van der Waals surface area contributed by atoms with Crippen molar-refractivity contribution in [1.82, 2.24) is 9.13 Å². The van der Waals surface area contributed by atoms with Gasteiger partial charge in [-0.05, 0) is 37.8 Å². The average molecular weight is 402 g/mol. The van der Waals surface area contributed by atoms with E-state index in [0.29, 0.717) is 12.3 Å². The number of aromatic nitrogens is 2. The van der Waals surface area contributed by atoms with Gasteiger partial charge in [0, 0.05) is 6.61 Å². The third-order valence-corrected chi connectivity index (χ3v) is 6.34. The summed E-state index contributed by atoms with van der Waals surface area (Å²) in [4.78, 5) is 1.69. The number of para-hydroxylation sites is 2. The van der Waals surface area contributed by atoms with Gasteiger partial charge < -0.3 is 14.2 Å². The van der Waals surface area contributed by atoms with Gasteiger partial charge in [0.25, 0.3) is 0 Å². The Morgan fingerprint density at radius 2 is 1.55 bits per heavy atom. The molecule has 1 saturated heterocycles. The first-order valence-electron chi connectivity index (χ1n) is 11.9. The van der Waals surface area contributed by atoms with Crippen molar-refractivity contribution in [1.29, 1.82) is 5.41 Å². The maximum Gasteiger partial charge on any atom is 0.205 e. The first-order chi connectivity index (χ1) is 14.3. The molecule has 162 valence electrons. The van der Waals surface area contributed by atoms with Gasteiger partial charge in [0.15, 0.2) is 0 Å². The van der Waals surface area contributed by atoms with E-state index in [9.17, 15) is 0 Å². The fourth-order valence-electron chi connectivity index (χ4n) is 4.54. The summed E-state index contributed by atoms with van der Waals surface area (Å²) in [6.07, 6.45) is 13.2. The Morgan fingerprint density at radius 1 is 0.897 bits per heavy atom. The highest BCUT2D eigenvalue weighted by Gasteiger charge is 2.16. The first-order valence-corrected chi connectivity index (χ1v) is 11.9. The van der Waals surface area contributed by atoms with Crippen LogP contribution < -0.4 is 10.5 Å². The highest BCUT2D eigenvalue weighted by Crippen LogP contribution is 2.13. The third-order valence-electron chi connectivity index (χ3n) is 6.34. The minimum atomic E-state index is 0.485. The molecule has 0 bridgehead atoms. The highest BCUT2D eigenvalue weighted by molar-refractivity contribution is 5.75. The van der Waals surface area contributed by atoms with E-state index in [-0.39, 0.29) is 0 Å². The minimum Gasteiger partial charge on any atom is -0.361 e. The molecule has 1 aliphatic heterocycles. The zero-order valence-electron chi connectivity index (χ0n) is 18.4. The van der Waals surface area contributed by atoms with Gasteiger partial charge in [0.2, 0.25) is 5.62 Å². The van der Waals surface area contributed by atoms with Crippen molar-refractivity contribution in [3.63, 3.8) is 0 Å². The SMILES string of the molecule is CCCCCCCCCOCn1c(=N)n(CC[NH+]2CCCCC2)c2ccccc21. The Kier molecular flexibility index (Phi) is 9.29. The smallest absolute Gasteiger partial charge is 0.205 e. The van der Waals surface area contributed by atoms with Crippen LogP contribution in [0.1, 0.15) is 71.1 Å². The van der Waals surface area contributed by atoms with Gasteiger partial charge in [-0.2, -0.15) is 0 Å². The molecule has 0 spiro atoms. The van der Waals surface area contributed by atoms with Crippen molar-refractivity contribution in [2.75, 3.05) is 26.2 Å². The zero-order valence-corrected chi connectivity index (χ0v) is 18.4. The van der Waals surface area contributed by atoms with Crippen LogP contribution in [0.4, 0.5) is 0 Å². The lowest BCUT2D eigenvalue weighted by Crippen LogP contribution is -3.13. The maximum absolute atomic E-state index is 8.74. The van der Waals surface area contributed by atoms with E-state index in [1.165, 1.54) is 70.9 Å². The molecule has 1 fully saturated rings. The second kappa shape index (κ2) is 12.2. The summed E-state index contributed by atoms with van der Waals surface area (Å²) in [5, 5.41) is 8.74. The molecule has 0 saturated carbocycles. The number of imidazole rings is 1. The molecule has 29 heavy (non-hydrogen) atoms. The van der Waals surface area contributed by atoms with E-state index in [2.05, 4.69) is 35.8 Å². The number of benzene rings is 1. The van der Waals surface area contributed by atoms with E-state index < -0.39 is 0 Å². The van der Waals surface area contributed by atoms with Gasteiger partial charge in [0.1, 0.15) is 6.73 Å². The topological polar surface area (TPSA) is 47.4 Å². The van der Waals surface area contributed by atoms with Gasteiger partial charge in [0.05, 0.1) is 37.2 Å². The van der Waals surface area contributed by atoms with Crippen LogP contribution in [0, 0.1) is 5.41 Å². The molecular weight excluding hydrogens is 360 g/mol. The minimum absolute atomic E-state index is 0.485. The number of hydrogen-bond donors (Lipinski definition) is 2. The fourth-order valence-corrected chi connectivity index (χ4v) is 4.54. The number of hydrogen-bond acceptors (Lipinski definition) is 2. The molecule has 0 radical (unpaired) electrons. The van der Waals surface area contributed by atoms with Gasteiger partial charge >= 0.3 is 0 Å². The Hall–Kier alpha value is -1.59. The fraction of sp³-hybridized carbons (Fsp3) is 0.708. The van der Waals surface area contributed by atoms with Crippen LogP contribution in [-0.4, -0.2) is 35.4 Å². The maximum atomic E-state index is 8.74. The molecule has 0 unspecified atom stereocenters. The zero-order chi connectivity index (χ0) is 20.3. The molecule has 0 aliphatic carbocycles. The number of nitrogens with one attached hydrogen (secondary N) is 2. The molecular formula is C24H41N4O+. The summed E-state index contributed by atoms with van der Waals surface area (Å²) in [5.74, 6) is 0. The summed E-state index contributed by atoms with van der Waals surface area (Å²) < 4.78 is 10.2. The van der Waals surface area contributed by atoms with Crippen molar-refractivity contribution >= 4 is 11.0 Å². The normalized spacial score (nSPS) is 15.3. The van der Waals surface area contributed by atoms with Gasteiger partial charge in [-0.15, -0.1) is 0 Å². The Morgan fingerprint density at radius 3 is 2.28 bits per heavy atom. The summed E-state index contributed by atoms with van der Waals surface area (Å²) in [6, 6.07) is 8.41. The predicted molar refractivity (Wildman–Crippen MR) is 119 cm³/mol. The van der Waals surface area contributed by atoms with Gasteiger partial charge in [-0.25, -0.2) is 0 Å². The molecule has 5 nitrogen and oxygen atoms in total. The van der Waals surface area contributed by atoms with Gasteiger partial charge in [-0.1, -0.05) is 57.6 Å².